The smallest absolute Gasteiger partial charge is 0.320 e. The molecule has 542 valence electrons. The Morgan fingerprint density at radius 2 is 0.758 bits per heavy atom. The van der Waals surface area contributed by atoms with Crippen molar-refractivity contribution in [1.29, 1.82) is 0 Å². The fourth-order valence-corrected chi connectivity index (χ4v) is 8.84. The molecule has 0 spiro atoms. The van der Waals surface area contributed by atoms with Gasteiger partial charge in [-0.05, 0) is 84.5 Å². The van der Waals surface area contributed by atoms with E-state index in [1.807, 2.05) is 0 Å². The van der Waals surface area contributed by atoms with Crippen molar-refractivity contribution in [3.05, 3.63) is 0 Å². The van der Waals surface area contributed by atoms with Crippen LogP contribution in [0.3, 0.4) is 0 Å². The van der Waals surface area contributed by atoms with E-state index in [2.05, 4.69) is 42.5 Å². The van der Waals surface area contributed by atoms with Crippen molar-refractivity contribution in [3.63, 3.8) is 0 Å². The summed E-state index contributed by atoms with van der Waals surface area (Å²) in [5, 5.41) is 69.1. The third-order valence-corrected chi connectivity index (χ3v) is 13.6. The summed E-state index contributed by atoms with van der Waals surface area (Å²) in [6.07, 6.45) is 2.68. The highest BCUT2D eigenvalue weighted by atomic mass is 16.5. The van der Waals surface area contributed by atoms with Crippen LogP contribution in [0.25, 0.3) is 0 Å². The molecule has 0 saturated carbocycles. The van der Waals surface area contributed by atoms with Crippen LogP contribution < -0.4 is 54.0 Å². The summed E-state index contributed by atoms with van der Waals surface area (Å²) in [5.74, 6) is -11.1. The quantitative estimate of drug-likeness (QED) is 0.0252. The second-order valence-electron chi connectivity index (χ2n) is 22.0. The summed E-state index contributed by atoms with van der Waals surface area (Å²) in [6.45, 7) is 0.130. The topological polar surface area (TPSA) is 552 Å². The van der Waals surface area contributed by atoms with Crippen molar-refractivity contribution in [3.8, 4) is 0 Å². The van der Waals surface area contributed by atoms with Crippen molar-refractivity contribution < 1.29 is 116 Å². The van der Waals surface area contributed by atoms with Crippen molar-refractivity contribution in [2.45, 2.75) is 128 Å². The molecule has 0 bridgehead atoms. The lowest BCUT2D eigenvalue weighted by molar-refractivity contribution is -0.146. The summed E-state index contributed by atoms with van der Waals surface area (Å²) >= 11 is 0. The molecule has 37 heteroatoms. The molecular formula is C58H101N13O24. The number of nitrogens with zero attached hydrogens (tertiary/aromatic N) is 3. The lowest BCUT2D eigenvalue weighted by atomic mass is 10.1. The monoisotopic (exact) mass is 1360 g/mol. The number of hydrogen-bond donors (Lipinski definition) is 15. The normalized spacial score (nSPS) is 12.4. The summed E-state index contributed by atoms with van der Waals surface area (Å²) in [7, 11) is 0. The molecule has 8 amide bonds. The molecule has 0 rings (SSSR count). The molecule has 0 heterocycles. The lowest BCUT2D eigenvalue weighted by Crippen LogP contribution is -2.50. The van der Waals surface area contributed by atoms with Gasteiger partial charge < -0.3 is 87.8 Å². The standard InChI is InChI=1S/C58H101N13O24/c1-40(72)32-66-42(55(59)87)10-3-6-18-62-49(77)38-94-30-29-93-27-21-64-50(78)39-95-31-28-92-26-20-63-46(74)13-9-14-48(76)68-44(57(89)65-19-8-4-11-43(56(60)88)67-33-41(2)73)12-5-7-17-61-47(75)16-15-45(58(90)91)71(24-22-69(34-51(79)80)35-52(81)82)25-23-70(36-53(83)84)37-54(85)86/h42-45,66-67H,3-39H2,1-2H3,(H2,59,87)(H2,60,88)(H,61,75)(H,62,77)(H,63,74)(H,64,78)(H,65,89)(H,68,76)(H,79,80)(H,81,82)(H,83,84)(H,85,86)(H,90,91)/t42-,43+,44-,45-/m0/s1. The molecule has 37 nitrogen and oxygen atoms in total. The Labute approximate surface area is 551 Å². The van der Waals surface area contributed by atoms with E-state index < -0.39 is 110 Å². The van der Waals surface area contributed by atoms with Crippen LogP contribution in [0, 0.1) is 0 Å². The lowest BCUT2D eigenvalue weighted by Gasteiger charge is -2.32. The zero-order valence-electron chi connectivity index (χ0n) is 54.5. The first-order valence-corrected chi connectivity index (χ1v) is 31.4. The summed E-state index contributed by atoms with van der Waals surface area (Å²) in [4.78, 5) is 184. The van der Waals surface area contributed by atoms with Gasteiger partial charge in [-0.1, -0.05) is 0 Å². The SMILES string of the molecule is CC(=O)CN[C@@H](CCCCNC(=O)COCCOCCNC(=O)COCCOCCNC(=O)CCCC(=O)N[C@@H](CCCCNC(=O)CC[C@@H](C(=O)O)N(CCN(CC(=O)O)CC(=O)O)CCN(CC(=O)O)CC(=O)O)C(=O)NCCCC[C@@H](NCC(C)=O)C(N)=O)C(N)=O. The maximum atomic E-state index is 13.4. The van der Waals surface area contributed by atoms with E-state index in [0.29, 0.717) is 38.6 Å². The number of Topliss-reactive ketones (excluding diaryl/α,β-unsaturated/α-hetero) is 2. The number of carbonyl (C=O) groups is 15. The van der Waals surface area contributed by atoms with Gasteiger partial charge in [-0.3, -0.25) is 97.3 Å². The average Bonchev–Trinajstić information content (AvgIpc) is 1.29. The number of carbonyl (C=O) groups excluding carboxylic acids is 10. The first kappa shape index (κ1) is 87.1. The fraction of sp³-hybridized carbons (Fsp3) is 0.741. The van der Waals surface area contributed by atoms with Gasteiger partial charge in [-0.2, -0.15) is 0 Å². The van der Waals surface area contributed by atoms with E-state index in [1.165, 1.54) is 18.7 Å². The number of amides is 8. The van der Waals surface area contributed by atoms with E-state index in [1.54, 1.807) is 0 Å². The van der Waals surface area contributed by atoms with Crippen molar-refractivity contribution >= 4 is 88.7 Å². The number of rotatable bonds is 64. The van der Waals surface area contributed by atoms with E-state index in [9.17, 15) is 97.5 Å². The minimum Gasteiger partial charge on any atom is -0.480 e. The number of nitrogens with two attached hydrogens (primary N) is 2. The second kappa shape index (κ2) is 54.4. The van der Waals surface area contributed by atoms with Gasteiger partial charge >= 0.3 is 29.8 Å². The van der Waals surface area contributed by atoms with Crippen LogP contribution in [-0.2, 0) is 90.9 Å². The molecule has 95 heavy (non-hydrogen) atoms. The average molecular weight is 1360 g/mol. The zero-order valence-corrected chi connectivity index (χ0v) is 54.5. The molecule has 4 atom stereocenters. The molecule has 0 aromatic carbocycles. The van der Waals surface area contributed by atoms with Gasteiger partial charge in [-0.25, -0.2) is 0 Å². The van der Waals surface area contributed by atoms with Crippen LogP contribution in [0.1, 0.15) is 104 Å². The van der Waals surface area contributed by atoms with E-state index >= 15 is 0 Å². The van der Waals surface area contributed by atoms with Gasteiger partial charge in [0.25, 0.3) is 0 Å². The van der Waals surface area contributed by atoms with Crippen LogP contribution in [0.4, 0.5) is 0 Å². The van der Waals surface area contributed by atoms with E-state index in [4.69, 9.17) is 30.4 Å². The zero-order chi connectivity index (χ0) is 71.3. The minimum absolute atomic E-state index is 0.0373. The van der Waals surface area contributed by atoms with E-state index in [0.717, 1.165) is 9.80 Å². The minimum atomic E-state index is -1.45. The van der Waals surface area contributed by atoms with Crippen LogP contribution in [0.15, 0.2) is 0 Å². The number of carboxylic acids is 5. The number of ether oxygens (including phenoxy) is 4. The number of nitrogens with one attached hydrogen (secondary N) is 8. The number of aliphatic carboxylic acids is 5. The molecule has 17 N–H and O–H groups in total. The molecule has 0 radical (unpaired) electrons. The van der Waals surface area contributed by atoms with Crippen molar-refractivity contribution in [2.75, 3.05) is 151 Å². The van der Waals surface area contributed by atoms with Crippen LogP contribution in [0.2, 0.25) is 0 Å². The summed E-state index contributed by atoms with van der Waals surface area (Å²) in [6, 6.07) is -3.89. The number of primary amides is 2. The summed E-state index contributed by atoms with van der Waals surface area (Å²) < 4.78 is 21.4. The Kier molecular flexibility index (Phi) is 49.8. The van der Waals surface area contributed by atoms with Gasteiger partial charge in [-0.15, -0.1) is 0 Å². The number of carboxylic acid groups (broad SMARTS) is 5. The van der Waals surface area contributed by atoms with Crippen LogP contribution >= 0.6 is 0 Å². The molecule has 0 aromatic heterocycles. The maximum absolute atomic E-state index is 13.4. The Morgan fingerprint density at radius 1 is 0.389 bits per heavy atom. The molecule has 0 fully saturated rings. The summed E-state index contributed by atoms with van der Waals surface area (Å²) in [5.41, 5.74) is 10.8. The Bertz CT molecular complexity index is 2340. The highest BCUT2D eigenvalue weighted by Gasteiger charge is 2.29. The molecule has 0 aliphatic rings. The molecular weight excluding hydrogens is 1260 g/mol. The number of unbranched alkanes of at least 4 members (excludes halogenated alkanes) is 3. The highest BCUT2D eigenvalue weighted by molar-refractivity contribution is 5.88. The fourth-order valence-electron chi connectivity index (χ4n) is 8.84. The van der Waals surface area contributed by atoms with Crippen LogP contribution in [-0.4, -0.2) is 304 Å². The van der Waals surface area contributed by atoms with Gasteiger partial charge in [0.1, 0.15) is 36.9 Å². The number of hydrogen-bond acceptors (Lipinski definition) is 24. The van der Waals surface area contributed by atoms with Gasteiger partial charge in [0, 0.05) is 78.2 Å². The third kappa shape index (κ3) is 51.2. The van der Waals surface area contributed by atoms with Crippen molar-refractivity contribution in [1.82, 2.24) is 57.2 Å². The molecule has 0 saturated heterocycles. The molecule has 0 aliphatic heterocycles. The predicted octanol–water partition coefficient (Wildman–Crippen LogP) is -5.66. The van der Waals surface area contributed by atoms with E-state index in [-0.39, 0.29) is 205 Å². The second-order valence-corrected chi connectivity index (χ2v) is 22.0. The van der Waals surface area contributed by atoms with Crippen LogP contribution in [0.5, 0.6) is 0 Å². The molecule has 0 aliphatic carbocycles. The first-order chi connectivity index (χ1) is 45.1. The Morgan fingerprint density at radius 3 is 1.17 bits per heavy atom. The Balaban J connectivity index is 5.03. The van der Waals surface area contributed by atoms with Crippen molar-refractivity contribution in [2.24, 2.45) is 11.5 Å². The maximum Gasteiger partial charge on any atom is 0.320 e. The predicted molar refractivity (Wildman–Crippen MR) is 335 cm³/mol. The highest BCUT2D eigenvalue weighted by Crippen LogP contribution is 2.11. The third-order valence-electron chi connectivity index (χ3n) is 13.6. The Hall–Kier alpha value is -7.91. The van der Waals surface area contributed by atoms with Gasteiger partial charge in [0.05, 0.1) is 91.0 Å². The largest absolute Gasteiger partial charge is 0.480 e. The molecule has 0 unspecified atom stereocenters. The number of ketones is 2. The van der Waals surface area contributed by atoms with Gasteiger partial charge in [0.15, 0.2) is 0 Å². The van der Waals surface area contributed by atoms with Gasteiger partial charge in [0.2, 0.25) is 47.3 Å². The first-order valence-electron chi connectivity index (χ1n) is 31.4. The molecule has 0 aromatic rings.